The van der Waals surface area contributed by atoms with Gasteiger partial charge in [-0.05, 0) is 32.6 Å². The molecule has 0 aliphatic rings. The van der Waals surface area contributed by atoms with Crippen LogP contribution in [-0.2, 0) is 9.53 Å². The number of rotatable bonds is 23. The van der Waals surface area contributed by atoms with Crippen molar-refractivity contribution in [3.63, 3.8) is 0 Å². The van der Waals surface area contributed by atoms with E-state index >= 15 is 0 Å². The van der Waals surface area contributed by atoms with E-state index < -0.39 is 0 Å². The molecule has 0 N–H and O–H groups in total. The summed E-state index contributed by atoms with van der Waals surface area (Å²) >= 11 is 0. The number of esters is 1. The summed E-state index contributed by atoms with van der Waals surface area (Å²) in [5.41, 5.74) is 0.523. The summed E-state index contributed by atoms with van der Waals surface area (Å²) in [6, 6.07) is 0. The van der Waals surface area contributed by atoms with Crippen molar-refractivity contribution < 1.29 is 9.53 Å². The number of unbranched alkanes of at least 4 members (excludes halogenated alkanes) is 17. The first kappa shape index (κ1) is 29.2. The smallest absolute Gasteiger partial charge is 0.333 e. The molecule has 1 atom stereocenters. The summed E-state index contributed by atoms with van der Waals surface area (Å²) < 4.78 is 5.73. The van der Waals surface area contributed by atoms with Gasteiger partial charge in [-0.25, -0.2) is 4.79 Å². The highest BCUT2D eigenvalue weighted by Crippen LogP contribution is 2.18. The van der Waals surface area contributed by atoms with Crippen LogP contribution in [0.1, 0.15) is 156 Å². The number of ether oxygens (including phenoxy) is 1. The normalized spacial score (nSPS) is 12.1. The van der Waals surface area contributed by atoms with Crippen molar-refractivity contribution in [3.8, 4) is 0 Å². The number of hydrogen-bond donors (Lipinski definition) is 0. The van der Waals surface area contributed by atoms with Crippen LogP contribution in [-0.4, -0.2) is 12.1 Å². The molecule has 0 saturated carbocycles. The van der Waals surface area contributed by atoms with Crippen LogP contribution >= 0.6 is 0 Å². The fraction of sp³-hybridized carbons (Fsp3) is 0.893. The van der Waals surface area contributed by atoms with E-state index in [0.29, 0.717) is 5.57 Å². The molecule has 0 heterocycles. The lowest BCUT2D eigenvalue weighted by atomic mass is 10.0. The van der Waals surface area contributed by atoms with Crippen LogP contribution in [0.25, 0.3) is 0 Å². The van der Waals surface area contributed by atoms with Gasteiger partial charge in [0.2, 0.25) is 0 Å². The van der Waals surface area contributed by atoms with Gasteiger partial charge in [-0.3, -0.25) is 0 Å². The predicted octanol–water partition coefficient (Wildman–Crippen LogP) is 9.71. The van der Waals surface area contributed by atoms with Gasteiger partial charge in [0, 0.05) is 5.57 Å². The molecule has 0 aliphatic heterocycles. The van der Waals surface area contributed by atoms with Crippen molar-refractivity contribution in [2.24, 2.45) is 0 Å². The van der Waals surface area contributed by atoms with E-state index in [1.54, 1.807) is 6.92 Å². The SMILES string of the molecule is C=C(C)C(=O)OC(CCCCCCCCCCC)CCCCCCCCCCCC. The molecule has 1 unspecified atom stereocenters. The maximum absolute atomic E-state index is 12.0. The predicted molar refractivity (Wildman–Crippen MR) is 133 cm³/mol. The maximum atomic E-state index is 12.0. The highest BCUT2D eigenvalue weighted by Gasteiger charge is 2.14. The number of carbonyl (C=O) groups excluding carboxylic acids is 1. The van der Waals surface area contributed by atoms with Gasteiger partial charge >= 0.3 is 5.97 Å². The van der Waals surface area contributed by atoms with E-state index in [1.165, 1.54) is 122 Å². The van der Waals surface area contributed by atoms with Gasteiger partial charge in [-0.2, -0.15) is 0 Å². The molecular weight excluding hydrogens is 368 g/mol. The fourth-order valence-corrected chi connectivity index (χ4v) is 4.06. The Labute approximate surface area is 189 Å². The van der Waals surface area contributed by atoms with Crippen molar-refractivity contribution in [1.29, 1.82) is 0 Å². The van der Waals surface area contributed by atoms with Crippen LogP contribution in [0.5, 0.6) is 0 Å². The second-order valence-electron chi connectivity index (χ2n) is 9.40. The monoisotopic (exact) mass is 422 g/mol. The van der Waals surface area contributed by atoms with Gasteiger partial charge in [0.1, 0.15) is 6.10 Å². The molecule has 0 amide bonds. The van der Waals surface area contributed by atoms with E-state index in [9.17, 15) is 4.79 Å². The minimum absolute atomic E-state index is 0.0906. The second-order valence-corrected chi connectivity index (χ2v) is 9.40. The molecule has 2 nitrogen and oxygen atoms in total. The molecule has 2 heteroatoms. The molecule has 30 heavy (non-hydrogen) atoms. The highest BCUT2D eigenvalue weighted by molar-refractivity contribution is 5.87. The summed E-state index contributed by atoms with van der Waals surface area (Å²) in [7, 11) is 0. The third-order valence-corrected chi connectivity index (χ3v) is 6.13. The zero-order valence-corrected chi connectivity index (χ0v) is 21.0. The number of carbonyl (C=O) groups is 1. The molecule has 0 fully saturated rings. The Hall–Kier alpha value is -0.790. The molecule has 0 aromatic heterocycles. The lowest BCUT2D eigenvalue weighted by Crippen LogP contribution is -2.18. The van der Waals surface area contributed by atoms with Crippen LogP contribution in [0.3, 0.4) is 0 Å². The molecule has 0 spiro atoms. The molecule has 0 radical (unpaired) electrons. The van der Waals surface area contributed by atoms with E-state index in [2.05, 4.69) is 20.4 Å². The third-order valence-electron chi connectivity index (χ3n) is 6.13. The first-order valence-electron chi connectivity index (χ1n) is 13.5. The lowest BCUT2D eigenvalue weighted by Gasteiger charge is -2.18. The molecule has 0 aromatic carbocycles. The van der Waals surface area contributed by atoms with Crippen molar-refractivity contribution in [1.82, 2.24) is 0 Å². The summed E-state index contributed by atoms with van der Waals surface area (Å²) in [6.45, 7) is 10.0. The molecule has 0 saturated heterocycles. The van der Waals surface area contributed by atoms with Gasteiger partial charge in [0.15, 0.2) is 0 Å². The van der Waals surface area contributed by atoms with Crippen LogP contribution < -0.4 is 0 Å². The van der Waals surface area contributed by atoms with E-state index in [4.69, 9.17) is 4.74 Å². The van der Waals surface area contributed by atoms with Gasteiger partial charge in [0.25, 0.3) is 0 Å². The summed E-state index contributed by atoms with van der Waals surface area (Å²) in [5.74, 6) is -0.206. The summed E-state index contributed by atoms with van der Waals surface area (Å²) in [6.07, 6.45) is 27.6. The van der Waals surface area contributed by atoms with Crippen molar-refractivity contribution in [3.05, 3.63) is 12.2 Å². The topological polar surface area (TPSA) is 26.3 Å². The minimum Gasteiger partial charge on any atom is -0.459 e. The summed E-state index contributed by atoms with van der Waals surface area (Å²) in [5, 5.41) is 0. The Morgan fingerprint density at radius 1 is 0.600 bits per heavy atom. The molecular formula is C28H54O2. The van der Waals surface area contributed by atoms with Gasteiger partial charge in [-0.15, -0.1) is 0 Å². The lowest BCUT2D eigenvalue weighted by molar-refractivity contribution is -0.145. The first-order chi connectivity index (χ1) is 14.6. The molecule has 0 bridgehead atoms. The Balaban J connectivity index is 3.82. The first-order valence-corrected chi connectivity index (χ1v) is 13.5. The molecule has 178 valence electrons. The Bertz CT molecular complexity index is 388. The van der Waals surface area contributed by atoms with Crippen LogP contribution in [0.4, 0.5) is 0 Å². The largest absolute Gasteiger partial charge is 0.459 e. The van der Waals surface area contributed by atoms with E-state index in [1.807, 2.05) is 0 Å². The standard InChI is InChI=1S/C28H54O2/c1-5-7-9-11-13-15-17-19-21-23-25-27(30-28(29)26(3)4)24-22-20-18-16-14-12-10-8-6-2/h27H,3,5-25H2,1-2,4H3. The molecule has 0 rings (SSSR count). The third kappa shape index (κ3) is 20.5. The van der Waals surface area contributed by atoms with Gasteiger partial charge < -0.3 is 4.74 Å². The minimum atomic E-state index is -0.206. The Morgan fingerprint density at radius 2 is 0.900 bits per heavy atom. The second kappa shape index (κ2) is 22.9. The average Bonchev–Trinajstić information content (AvgIpc) is 2.73. The van der Waals surface area contributed by atoms with Crippen molar-refractivity contribution in [2.45, 2.75) is 162 Å². The maximum Gasteiger partial charge on any atom is 0.333 e. The molecule has 0 aliphatic carbocycles. The zero-order chi connectivity index (χ0) is 22.3. The van der Waals surface area contributed by atoms with Crippen LogP contribution in [0.2, 0.25) is 0 Å². The van der Waals surface area contributed by atoms with Crippen molar-refractivity contribution >= 4 is 5.97 Å². The number of hydrogen-bond acceptors (Lipinski definition) is 2. The van der Waals surface area contributed by atoms with Gasteiger partial charge in [0.05, 0.1) is 0 Å². The molecule has 0 aromatic rings. The Kier molecular flexibility index (Phi) is 22.3. The quantitative estimate of drug-likeness (QED) is 0.0930. The Morgan fingerprint density at radius 3 is 1.20 bits per heavy atom. The summed E-state index contributed by atoms with van der Waals surface area (Å²) in [4.78, 5) is 12.0. The zero-order valence-electron chi connectivity index (χ0n) is 21.0. The van der Waals surface area contributed by atoms with E-state index in [0.717, 1.165) is 12.8 Å². The average molecular weight is 423 g/mol. The fourth-order valence-electron chi connectivity index (χ4n) is 4.06. The van der Waals surface area contributed by atoms with E-state index in [-0.39, 0.29) is 12.1 Å². The van der Waals surface area contributed by atoms with Crippen LogP contribution in [0.15, 0.2) is 12.2 Å². The highest BCUT2D eigenvalue weighted by atomic mass is 16.5. The van der Waals surface area contributed by atoms with Gasteiger partial charge in [-0.1, -0.05) is 130 Å². The van der Waals surface area contributed by atoms with Crippen molar-refractivity contribution in [2.75, 3.05) is 0 Å². The van der Waals surface area contributed by atoms with Crippen LogP contribution in [0, 0.1) is 0 Å².